The van der Waals surface area contributed by atoms with E-state index in [0.29, 0.717) is 0 Å². The number of aromatic nitrogens is 1. The normalized spacial score (nSPS) is 20.6. The first kappa shape index (κ1) is 3.35. The third-order valence-electron chi connectivity index (χ3n) is 0.859. The van der Waals surface area contributed by atoms with E-state index < -0.39 is 41.7 Å². The fourth-order valence-electron chi connectivity index (χ4n) is 0.496. The summed E-state index contributed by atoms with van der Waals surface area (Å²) < 4.78 is 67.5. The first-order valence-electron chi connectivity index (χ1n) is 5.51. The zero-order valence-electron chi connectivity index (χ0n) is 11.1. The van der Waals surface area contributed by atoms with Crippen LogP contribution in [0.25, 0.3) is 0 Å². The van der Waals surface area contributed by atoms with Crippen LogP contribution in [0.2, 0.25) is 5.02 Å². The van der Waals surface area contributed by atoms with Gasteiger partial charge < -0.3 is 0 Å². The summed E-state index contributed by atoms with van der Waals surface area (Å²) in [5.41, 5.74) is -2.31. The second-order valence-corrected chi connectivity index (χ2v) is 2.01. The zero-order chi connectivity index (χ0) is 13.6. The lowest BCUT2D eigenvalue weighted by atomic mass is 10.3. The van der Waals surface area contributed by atoms with Gasteiger partial charge >= 0.3 is 0 Å². The molecule has 0 aliphatic heterocycles. The summed E-state index contributed by atoms with van der Waals surface area (Å²) in [7, 11) is 0. The van der Waals surface area contributed by atoms with Gasteiger partial charge in [0.2, 0.25) is 0 Å². The molecule has 4 heteroatoms. The molecule has 1 aromatic rings. The van der Waals surface area contributed by atoms with Gasteiger partial charge in [-0.15, -0.1) is 0 Å². The topological polar surface area (TPSA) is 12.9 Å². The first-order valence-corrected chi connectivity index (χ1v) is 2.89. The average Bonchev–Trinajstić information content (AvgIpc) is 2.10. The second-order valence-electron chi connectivity index (χ2n) is 1.63. The number of pyridine rings is 1. The van der Waals surface area contributed by atoms with Gasteiger partial charge in [0.1, 0.15) is 7.06 Å². The van der Waals surface area contributed by atoms with Gasteiger partial charge in [0.25, 0.3) is 6.40 Å². The molecule has 1 nitrogen and oxygen atoms in total. The maximum atomic E-state index is 12.8. The van der Waals surface area contributed by atoms with E-state index in [9.17, 15) is 8.78 Å². The average molecular weight is 184 g/mol. The Morgan fingerprint density at radius 1 is 1.82 bits per heavy atom. The molecular weight excluding hydrogens is 172 g/mol. The van der Waals surface area contributed by atoms with Gasteiger partial charge in [0.15, 0.2) is 0 Å². The van der Waals surface area contributed by atoms with Gasteiger partial charge in [-0.3, -0.25) is 4.98 Å². The lowest BCUT2D eigenvalue weighted by molar-refractivity contribution is 0.146. The predicted molar refractivity (Wildman–Crippen MR) is 38.9 cm³/mol. The number of nitrogens with zero attached hydrogens (tertiary/aromatic N) is 1. The summed E-state index contributed by atoms with van der Waals surface area (Å²) in [5, 5.41) is -0.756. The van der Waals surface area contributed by atoms with Crippen LogP contribution in [-0.2, 0) is 0 Å². The summed E-state index contributed by atoms with van der Waals surface area (Å²) in [6, 6.07) is -1.81. The Hall–Kier alpha value is -0.700. The highest BCUT2D eigenvalue weighted by Crippen LogP contribution is 2.20. The highest BCUT2D eigenvalue weighted by atomic mass is 35.5. The lowest BCUT2D eigenvalue weighted by Gasteiger charge is -2.00. The largest absolute Gasteiger partial charge is 0.280 e. The highest BCUT2D eigenvalue weighted by Gasteiger charge is 2.09. The quantitative estimate of drug-likeness (QED) is 0.652. The number of aryl methyl sites for hydroxylation is 1. The Morgan fingerprint density at radius 3 is 3.09 bits per heavy atom. The molecule has 60 valence electrons. The maximum absolute atomic E-state index is 12.8. The molecule has 0 atom stereocenters. The summed E-state index contributed by atoms with van der Waals surface area (Å²) in [6.07, 6.45) is -4.24. The van der Waals surface area contributed by atoms with Crippen LogP contribution in [0.3, 0.4) is 0 Å². The van der Waals surface area contributed by atoms with E-state index in [4.69, 9.17) is 19.8 Å². The molecule has 0 aromatic carbocycles. The standard InChI is InChI=1S/C7H6ClF2N/c1-4-2-5(8)3-6(11-4)7(9)10/h2-3,7H,1H3/i1D3,2D,3D,7D. The van der Waals surface area contributed by atoms with Crippen LogP contribution in [0.15, 0.2) is 12.1 Å². The molecule has 0 fully saturated rings. The SMILES string of the molecule is [2H]c1c(C([2H])([2H])[2H])nc(C([2H])(F)F)c([2H])c1Cl. The van der Waals surface area contributed by atoms with Crippen LogP contribution >= 0.6 is 11.6 Å². The Balaban J connectivity index is 3.63. The number of alkyl halides is 2. The predicted octanol–water partition coefficient (Wildman–Crippen LogP) is 2.98. The minimum Gasteiger partial charge on any atom is -0.252 e. The summed E-state index contributed by atoms with van der Waals surface area (Å²) in [4.78, 5) is 3.02. The summed E-state index contributed by atoms with van der Waals surface area (Å²) in [5.74, 6) is 0. The number of rotatable bonds is 1. The molecule has 1 aromatic heterocycles. The van der Waals surface area contributed by atoms with Crippen molar-refractivity contribution < 1.29 is 17.0 Å². The van der Waals surface area contributed by atoms with Crippen molar-refractivity contribution in [2.45, 2.75) is 13.3 Å². The van der Waals surface area contributed by atoms with Crippen molar-refractivity contribution in [2.75, 3.05) is 0 Å². The van der Waals surface area contributed by atoms with Gasteiger partial charge in [-0.2, -0.15) is 0 Å². The molecule has 0 unspecified atom stereocenters. The molecule has 0 bridgehead atoms. The fourth-order valence-corrected chi connectivity index (χ4v) is 0.675. The van der Waals surface area contributed by atoms with Crippen molar-refractivity contribution >= 4 is 11.6 Å². The molecule has 0 radical (unpaired) electrons. The first-order chi connectivity index (χ1) is 7.46. The van der Waals surface area contributed by atoms with E-state index in [-0.39, 0.29) is 0 Å². The van der Waals surface area contributed by atoms with Crippen LogP contribution in [0.1, 0.15) is 26.0 Å². The number of hydrogen-bond donors (Lipinski definition) is 0. The van der Waals surface area contributed by atoms with Crippen molar-refractivity contribution in [1.29, 1.82) is 0 Å². The van der Waals surface area contributed by atoms with E-state index in [1.807, 2.05) is 0 Å². The Bertz CT molecular complexity index is 417. The van der Waals surface area contributed by atoms with E-state index in [0.717, 1.165) is 0 Å². The molecule has 0 saturated heterocycles. The van der Waals surface area contributed by atoms with Crippen molar-refractivity contribution in [1.82, 2.24) is 4.98 Å². The minimum absolute atomic E-state index is 0.756. The molecule has 11 heavy (non-hydrogen) atoms. The third-order valence-corrected chi connectivity index (χ3v) is 1.05. The summed E-state index contributed by atoms with van der Waals surface area (Å²) in [6.45, 7) is -2.91. The second kappa shape index (κ2) is 3.13. The smallest absolute Gasteiger partial charge is 0.252 e. The van der Waals surface area contributed by atoms with Crippen LogP contribution in [-0.4, -0.2) is 4.98 Å². The van der Waals surface area contributed by atoms with Crippen LogP contribution in [0.5, 0.6) is 0 Å². The Kier molecular flexibility index (Phi) is 0.955. The van der Waals surface area contributed by atoms with E-state index in [2.05, 4.69) is 4.98 Å². The number of halogens is 3. The molecule has 0 saturated carbocycles. The highest BCUT2D eigenvalue weighted by molar-refractivity contribution is 6.30. The van der Waals surface area contributed by atoms with Crippen LogP contribution in [0.4, 0.5) is 8.78 Å². The van der Waals surface area contributed by atoms with E-state index in [1.54, 1.807) is 0 Å². The minimum atomic E-state index is -4.24. The van der Waals surface area contributed by atoms with Crippen LogP contribution in [0, 0.1) is 6.85 Å². The van der Waals surface area contributed by atoms with Gasteiger partial charge in [0, 0.05) is 14.8 Å². The van der Waals surface area contributed by atoms with E-state index in [1.165, 1.54) is 0 Å². The van der Waals surface area contributed by atoms with E-state index >= 15 is 0 Å². The lowest BCUT2D eigenvalue weighted by Crippen LogP contribution is -1.91. The number of hydrogen-bond acceptors (Lipinski definition) is 1. The van der Waals surface area contributed by atoms with Gasteiger partial charge in [-0.25, -0.2) is 8.78 Å². The Labute approximate surface area is 76.4 Å². The molecular formula is C7H6ClF2N. The molecule has 1 rings (SSSR count). The van der Waals surface area contributed by atoms with Crippen molar-refractivity contribution in [2.24, 2.45) is 0 Å². The zero-order valence-corrected chi connectivity index (χ0v) is 5.84. The van der Waals surface area contributed by atoms with Crippen molar-refractivity contribution in [3.63, 3.8) is 0 Å². The molecule has 0 N–H and O–H groups in total. The van der Waals surface area contributed by atoms with Gasteiger partial charge in [-0.1, -0.05) is 11.6 Å². The van der Waals surface area contributed by atoms with Crippen molar-refractivity contribution in [3.05, 3.63) is 28.5 Å². The molecule has 1 heterocycles. The maximum Gasteiger partial charge on any atom is 0.280 e. The molecule has 0 aliphatic rings. The molecule has 0 spiro atoms. The molecule has 0 amide bonds. The van der Waals surface area contributed by atoms with Crippen LogP contribution < -0.4 is 0 Å². The Morgan fingerprint density at radius 2 is 2.55 bits per heavy atom. The van der Waals surface area contributed by atoms with Gasteiger partial charge in [-0.05, 0) is 18.9 Å². The van der Waals surface area contributed by atoms with Gasteiger partial charge in [0.05, 0.1) is 2.74 Å². The summed E-state index contributed by atoms with van der Waals surface area (Å²) >= 11 is 5.42. The monoisotopic (exact) mass is 183 g/mol. The van der Waals surface area contributed by atoms with Crippen molar-refractivity contribution in [3.8, 4) is 0 Å². The molecule has 0 aliphatic carbocycles. The third kappa shape index (κ3) is 2.12. The fraction of sp³-hybridized carbons (Fsp3) is 0.286.